The smallest absolute Gasteiger partial charge is 0.165 e. The average molecular weight is 638 g/mol. The molecular weight excluding hydrogens is 611 g/mol. The van der Waals surface area contributed by atoms with Gasteiger partial charge in [-0.25, -0.2) is 15.0 Å². The molecule has 0 aliphatic rings. The van der Waals surface area contributed by atoms with Gasteiger partial charge in [0.2, 0.25) is 0 Å². The summed E-state index contributed by atoms with van der Waals surface area (Å²) in [5, 5.41) is 6.76. The summed E-state index contributed by atoms with van der Waals surface area (Å²) in [6.07, 6.45) is 0. The van der Waals surface area contributed by atoms with Gasteiger partial charge in [-0.15, -0.1) is 0 Å². The molecule has 0 saturated carbocycles. The molecule has 0 aliphatic carbocycles. The van der Waals surface area contributed by atoms with Gasteiger partial charge in [-0.2, -0.15) is 0 Å². The van der Waals surface area contributed by atoms with Crippen molar-refractivity contribution < 1.29 is 0 Å². The van der Waals surface area contributed by atoms with Gasteiger partial charge in [-0.1, -0.05) is 133 Å². The third-order valence-electron chi connectivity index (χ3n) is 10.1. The SMILES string of the molecule is c1ccc(-c2nc3ccc4ccccc4c3nc2-n2c(-c3ccccc3)c3c4c(cccc42)c2ccccc2n2c4ccccc4nc32)cc1. The van der Waals surface area contributed by atoms with Crippen LogP contribution in [0.3, 0.4) is 0 Å². The Balaban J connectivity index is 1.44. The lowest BCUT2D eigenvalue weighted by Crippen LogP contribution is -2.05. The van der Waals surface area contributed by atoms with E-state index in [9.17, 15) is 0 Å². The largest absolute Gasteiger partial charge is 0.292 e. The van der Waals surface area contributed by atoms with Crippen molar-refractivity contribution in [2.75, 3.05) is 0 Å². The molecule has 0 aliphatic heterocycles. The highest BCUT2D eigenvalue weighted by Gasteiger charge is 2.27. The average Bonchev–Trinajstić information content (AvgIpc) is 3.71. The predicted octanol–water partition coefficient (Wildman–Crippen LogP) is 11.2. The van der Waals surface area contributed by atoms with Gasteiger partial charge < -0.3 is 0 Å². The van der Waals surface area contributed by atoms with E-state index in [-0.39, 0.29) is 0 Å². The summed E-state index contributed by atoms with van der Waals surface area (Å²) in [6, 6.07) is 57.5. The first kappa shape index (κ1) is 27.1. The summed E-state index contributed by atoms with van der Waals surface area (Å²) >= 11 is 0. The Morgan fingerprint density at radius 1 is 0.400 bits per heavy atom. The van der Waals surface area contributed by atoms with Gasteiger partial charge in [0.1, 0.15) is 11.3 Å². The van der Waals surface area contributed by atoms with Crippen molar-refractivity contribution in [3.05, 3.63) is 164 Å². The second-order valence-electron chi connectivity index (χ2n) is 12.8. The Labute approximate surface area is 286 Å². The first-order valence-corrected chi connectivity index (χ1v) is 16.9. The van der Waals surface area contributed by atoms with Crippen molar-refractivity contribution in [1.82, 2.24) is 23.9 Å². The minimum atomic E-state index is 0.781. The van der Waals surface area contributed by atoms with Gasteiger partial charge in [0, 0.05) is 21.7 Å². The van der Waals surface area contributed by atoms with Crippen LogP contribution in [0.5, 0.6) is 0 Å². The highest BCUT2D eigenvalue weighted by atomic mass is 15.1. The maximum absolute atomic E-state index is 5.62. The zero-order valence-electron chi connectivity index (χ0n) is 26.8. The molecule has 5 nitrogen and oxygen atoms in total. The first-order chi connectivity index (χ1) is 24.8. The van der Waals surface area contributed by atoms with E-state index in [2.05, 4.69) is 167 Å². The van der Waals surface area contributed by atoms with Gasteiger partial charge in [0.05, 0.1) is 44.2 Å². The fraction of sp³-hybridized carbons (Fsp3) is 0. The number of hydrogen-bond donors (Lipinski definition) is 0. The molecule has 11 aromatic rings. The van der Waals surface area contributed by atoms with Crippen LogP contribution in [0, 0.1) is 0 Å². The lowest BCUT2D eigenvalue weighted by atomic mass is 10.0. The second-order valence-corrected chi connectivity index (χ2v) is 12.8. The van der Waals surface area contributed by atoms with E-state index in [0.717, 1.165) is 94.0 Å². The van der Waals surface area contributed by atoms with Crippen LogP contribution in [0.2, 0.25) is 0 Å². The molecule has 0 unspecified atom stereocenters. The molecule has 0 atom stereocenters. The van der Waals surface area contributed by atoms with Gasteiger partial charge >= 0.3 is 0 Å². The molecule has 0 spiro atoms. The number of imidazole rings is 1. The molecule has 7 aromatic carbocycles. The first-order valence-electron chi connectivity index (χ1n) is 16.9. The molecule has 11 rings (SSSR count). The molecule has 0 amide bonds. The summed E-state index contributed by atoms with van der Waals surface area (Å²) in [5.74, 6) is 0.781. The fourth-order valence-corrected chi connectivity index (χ4v) is 7.93. The highest BCUT2D eigenvalue weighted by Crippen LogP contribution is 2.45. The molecule has 0 bridgehead atoms. The number of benzene rings is 7. The molecule has 0 saturated heterocycles. The van der Waals surface area contributed by atoms with Gasteiger partial charge in [-0.05, 0) is 46.7 Å². The maximum Gasteiger partial charge on any atom is 0.165 e. The van der Waals surface area contributed by atoms with Crippen molar-refractivity contribution in [1.29, 1.82) is 0 Å². The standard InChI is InChI=1S/C45H27N5/c1-3-15-29(16-4-1)41-45(48-42-31-19-8-7-14-28(31)26-27-35(42)46-41)50-38-25-13-21-33-32-20-9-11-23-36(32)49-37-24-12-10-22-34(37)47-44(49)40(39(33)38)43(50)30-17-5-2-6-18-30/h1-27H. The van der Waals surface area contributed by atoms with E-state index in [1.165, 1.54) is 5.39 Å². The minimum absolute atomic E-state index is 0.781. The highest BCUT2D eigenvalue weighted by molar-refractivity contribution is 6.26. The summed E-state index contributed by atoms with van der Waals surface area (Å²) in [5.41, 5.74) is 10.8. The molecule has 0 fully saturated rings. The number of nitrogens with zero attached hydrogens (tertiary/aromatic N) is 5. The van der Waals surface area contributed by atoms with Crippen LogP contribution in [0.4, 0.5) is 0 Å². The van der Waals surface area contributed by atoms with Crippen LogP contribution in [-0.2, 0) is 0 Å². The molecule has 4 heterocycles. The van der Waals surface area contributed by atoms with Crippen LogP contribution in [-0.4, -0.2) is 23.9 Å². The molecule has 5 heteroatoms. The molecule has 0 radical (unpaired) electrons. The monoisotopic (exact) mass is 637 g/mol. The maximum atomic E-state index is 5.62. The van der Waals surface area contributed by atoms with E-state index in [1.54, 1.807) is 0 Å². The van der Waals surface area contributed by atoms with Crippen molar-refractivity contribution in [2.24, 2.45) is 0 Å². The zero-order chi connectivity index (χ0) is 32.8. The fourth-order valence-electron chi connectivity index (χ4n) is 7.93. The molecule has 0 N–H and O–H groups in total. The lowest BCUT2D eigenvalue weighted by Gasteiger charge is -2.17. The second kappa shape index (κ2) is 10.3. The number of aromatic nitrogens is 5. The van der Waals surface area contributed by atoms with E-state index in [0.29, 0.717) is 0 Å². The number of rotatable bonds is 3. The number of para-hydroxylation sites is 3. The normalized spacial score (nSPS) is 12.0. The Bertz CT molecular complexity index is 3140. The van der Waals surface area contributed by atoms with Gasteiger partial charge in [0.15, 0.2) is 5.82 Å². The Morgan fingerprint density at radius 2 is 1.06 bits per heavy atom. The Morgan fingerprint density at radius 3 is 1.90 bits per heavy atom. The summed E-state index contributed by atoms with van der Waals surface area (Å²) in [7, 11) is 0. The zero-order valence-corrected chi connectivity index (χ0v) is 26.8. The Hall–Kier alpha value is -6.85. The summed E-state index contributed by atoms with van der Waals surface area (Å²) in [6.45, 7) is 0. The topological polar surface area (TPSA) is 48.0 Å². The van der Waals surface area contributed by atoms with Crippen LogP contribution in [0.25, 0.3) is 99.4 Å². The van der Waals surface area contributed by atoms with E-state index in [1.807, 2.05) is 6.07 Å². The number of fused-ring (bicyclic) bond motifs is 10. The molecule has 50 heavy (non-hydrogen) atoms. The van der Waals surface area contributed by atoms with Crippen LogP contribution in [0.15, 0.2) is 164 Å². The van der Waals surface area contributed by atoms with Gasteiger partial charge in [0.25, 0.3) is 0 Å². The third-order valence-corrected chi connectivity index (χ3v) is 10.1. The van der Waals surface area contributed by atoms with E-state index < -0.39 is 0 Å². The van der Waals surface area contributed by atoms with Crippen molar-refractivity contribution >= 4 is 71.1 Å². The van der Waals surface area contributed by atoms with Crippen LogP contribution in [0.1, 0.15) is 0 Å². The van der Waals surface area contributed by atoms with E-state index >= 15 is 0 Å². The summed E-state index contributed by atoms with van der Waals surface area (Å²) in [4.78, 5) is 16.5. The van der Waals surface area contributed by atoms with Crippen molar-refractivity contribution in [3.63, 3.8) is 0 Å². The van der Waals surface area contributed by atoms with Gasteiger partial charge in [-0.3, -0.25) is 8.97 Å². The predicted molar refractivity (Wildman–Crippen MR) is 206 cm³/mol. The molecule has 4 aromatic heterocycles. The Kier molecular flexibility index (Phi) is 5.60. The third kappa shape index (κ3) is 3.74. The minimum Gasteiger partial charge on any atom is -0.292 e. The summed E-state index contributed by atoms with van der Waals surface area (Å²) < 4.78 is 4.69. The molecular formula is C45H27N5. The molecule has 232 valence electrons. The number of hydrogen-bond acceptors (Lipinski definition) is 3. The van der Waals surface area contributed by atoms with Crippen LogP contribution < -0.4 is 0 Å². The quantitative estimate of drug-likeness (QED) is 0.181. The van der Waals surface area contributed by atoms with E-state index in [4.69, 9.17) is 15.0 Å². The van der Waals surface area contributed by atoms with Crippen molar-refractivity contribution in [3.8, 4) is 28.3 Å². The van der Waals surface area contributed by atoms with Crippen molar-refractivity contribution in [2.45, 2.75) is 0 Å². The van der Waals surface area contributed by atoms with Crippen LogP contribution >= 0.6 is 0 Å². The lowest BCUT2D eigenvalue weighted by molar-refractivity contribution is 1.06.